The highest BCUT2D eigenvalue weighted by Gasteiger charge is 2.34. The van der Waals surface area contributed by atoms with Gasteiger partial charge in [-0.1, -0.05) is 46.5 Å². The molecule has 0 bridgehead atoms. The number of amidine groups is 1. The van der Waals surface area contributed by atoms with Gasteiger partial charge in [-0.15, -0.1) is 0 Å². The maximum absolute atomic E-state index is 12.4. The largest absolute Gasteiger partial charge is 0.409 e. The molecule has 0 aliphatic rings. The van der Waals surface area contributed by atoms with Gasteiger partial charge >= 0.3 is 0 Å². The Morgan fingerprint density at radius 3 is 2.60 bits per heavy atom. The van der Waals surface area contributed by atoms with Gasteiger partial charge in [0.2, 0.25) is 0 Å². The van der Waals surface area contributed by atoms with E-state index < -0.39 is 5.54 Å². The Morgan fingerprint density at radius 1 is 1.50 bits per heavy atom. The zero-order chi connectivity index (χ0) is 15.3. The number of hydrogen-bond acceptors (Lipinski definition) is 3. The first-order chi connectivity index (χ1) is 9.40. The van der Waals surface area contributed by atoms with E-state index in [0.717, 1.165) is 4.47 Å². The molecule has 0 saturated heterocycles. The number of rotatable bonds is 5. The zero-order valence-electron chi connectivity index (χ0n) is 11.3. The number of halogens is 2. The lowest BCUT2D eigenvalue weighted by atomic mass is 9.91. The molecule has 0 spiro atoms. The first-order valence-electron chi connectivity index (χ1n) is 6.15. The van der Waals surface area contributed by atoms with Crippen molar-refractivity contribution in [1.82, 2.24) is 5.32 Å². The van der Waals surface area contributed by atoms with E-state index in [4.69, 9.17) is 22.5 Å². The van der Waals surface area contributed by atoms with Crippen molar-refractivity contribution in [3.05, 3.63) is 33.3 Å². The first kappa shape index (κ1) is 16.8. The molecule has 1 amide bonds. The molecule has 0 atom stereocenters. The molecule has 1 aromatic rings. The highest BCUT2D eigenvalue weighted by molar-refractivity contribution is 9.10. The van der Waals surface area contributed by atoms with Crippen molar-refractivity contribution in [2.45, 2.75) is 32.2 Å². The normalized spacial score (nSPS) is 12.3. The third-order valence-corrected chi connectivity index (χ3v) is 4.15. The van der Waals surface area contributed by atoms with E-state index in [1.807, 2.05) is 13.8 Å². The van der Waals surface area contributed by atoms with Gasteiger partial charge in [0, 0.05) is 4.47 Å². The maximum Gasteiger partial charge on any atom is 0.253 e. The minimum Gasteiger partial charge on any atom is -0.409 e. The van der Waals surface area contributed by atoms with Crippen LogP contribution in [0.5, 0.6) is 0 Å². The second-order valence-corrected chi connectivity index (χ2v) is 5.68. The Balaban J connectivity index is 3.12. The molecule has 110 valence electrons. The van der Waals surface area contributed by atoms with Gasteiger partial charge in [0.25, 0.3) is 5.91 Å². The summed E-state index contributed by atoms with van der Waals surface area (Å²) < 4.78 is 0.745. The molecule has 7 heteroatoms. The highest BCUT2D eigenvalue weighted by atomic mass is 79.9. The molecule has 0 unspecified atom stereocenters. The van der Waals surface area contributed by atoms with Gasteiger partial charge in [0.05, 0.1) is 10.6 Å². The average molecular weight is 363 g/mol. The fraction of sp³-hybridized carbons (Fsp3) is 0.385. The third-order valence-electron chi connectivity index (χ3n) is 3.33. The number of carbonyl (C=O) groups excluding carboxylic acids is 1. The molecule has 0 heterocycles. The van der Waals surface area contributed by atoms with Crippen LogP contribution in [-0.2, 0) is 0 Å². The zero-order valence-corrected chi connectivity index (χ0v) is 13.6. The van der Waals surface area contributed by atoms with Gasteiger partial charge in [-0.05, 0) is 31.0 Å². The smallest absolute Gasteiger partial charge is 0.253 e. The van der Waals surface area contributed by atoms with Gasteiger partial charge in [-0.25, -0.2) is 0 Å². The van der Waals surface area contributed by atoms with Crippen LogP contribution in [0.15, 0.2) is 27.8 Å². The molecule has 0 saturated carbocycles. The molecular formula is C13H17BrClN3O2. The lowest BCUT2D eigenvalue weighted by molar-refractivity contribution is 0.0918. The highest BCUT2D eigenvalue weighted by Crippen LogP contribution is 2.23. The Morgan fingerprint density at radius 2 is 2.10 bits per heavy atom. The van der Waals surface area contributed by atoms with Crippen molar-refractivity contribution in [2.75, 3.05) is 0 Å². The quantitative estimate of drug-likeness (QED) is 0.325. The molecule has 0 radical (unpaired) electrons. The van der Waals surface area contributed by atoms with Crippen LogP contribution >= 0.6 is 27.5 Å². The van der Waals surface area contributed by atoms with Crippen molar-refractivity contribution in [3.8, 4) is 0 Å². The summed E-state index contributed by atoms with van der Waals surface area (Å²) in [6.45, 7) is 3.70. The van der Waals surface area contributed by atoms with E-state index in [2.05, 4.69) is 26.4 Å². The lowest BCUT2D eigenvalue weighted by Crippen LogP contribution is -2.56. The predicted molar refractivity (Wildman–Crippen MR) is 83.3 cm³/mol. The summed E-state index contributed by atoms with van der Waals surface area (Å²) in [6, 6.07) is 5.00. The summed E-state index contributed by atoms with van der Waals surface area (Å²) in [5, 5.41) is 15.1. The van der Waals surface area contributed by atoms with Crippen molar-refractivity contribution in [2.24, 2.45) is 10.9 Å². The van der Waals surface area contributed by atoms with Crippen molar-refractivity contribution in [1.29, 1.82) is 0 Å². The SMILES string of the molecule is CCC(CC)(NC(=O)c1cc(Br)ccc1Cl)/C(N)=N/O. The molecule has 1 rings (SSSR count). The number of oxime groups is 1. The van der Waals surface area contributed by atoms with Crippen LogP contribution in [0.2, 0.25) is 5.02 Å². The van der Waals surface area contributed by atoms with Crippen LogP contribution in [0.1, 0.15) is 37.0 Å². The summed E-state index contributed by atoms with van der Waals surface area (Å²) in [5.41, 5.74) is 5.15. The van der Waals surface area contributed by atoms with Crippen LogP contribution < -0.4 is 11.1 Å². The van der Waals surface area contributed by atoms with Crippen molar-refractivity contribution < 1.29 is 10.0 Å². The number of carbonyl (C=O) groups is 1. The third kappa shape index (κ3) is 3.43. The van der Waals surface area contributed by atoms with Crippen molar-refractivity contribution >= 4 is 39.3 Å². The minimum absolute atomic E-state index is 0.0260. The fourth-order valence-electron chi connectivity index (χ4n) is 1.90. The summed E-state index contributed by atoms with van der Waals surface area (Å²) in [4.78, 5) is 12.4. The number of nitrogens with two attached hydrogens (primary N) is 1. The predicted octanol–water partition coefficient (Wildman–Crippen LogP) is 3.14. The van der Waals surface area contributed by atoms with Crippen LogP contribution in [0.4, 0.5) is 0 Å². The number of benzene rings is 1. The van der Waals surface area contributed by atoms with Gasteiger partial charge in [-0.3, -0.25) is 4.79 Å². The Bertz CT molecular complexity index is 530. The molecule has 0 fully saturated rings. The second-order valence-electron chi connectivity index (χ2n) is 4.35. The first-order valence-corrected chi connectivity index (χ1v) is 7.32. The molecule has 5 nitrogen and oxygen atoms in total. The molecule has 1 aromatic carbocycles. The van der Waals surface area contributed by atoms with Gasteiger partial charge < -0.3 is 16.3 Å². The van der Waals surface area contributed by atoms with E-state index in [-0.39, 0.29) is 11.7 Å². The standard InChI is InChI=1S/C13H17BrClN3O2/c1-3-13(4-2,12(16)18-20)17-11(19)9-7-8(14)5-6-10(9)15/h5-7,20H,3-4H2,1-2H3,(H2,16,18)(H,17,19). The fourth-order valence-corrected chi connectivity index (χ4v) is 2.47. The van der Waals surface area contributed by atoms with E-state index in [9.17, 15) is 4.79 Å². The summed E-state index contributed by atoms with van der Waals surface area (Å²) in [5.74, 6) is -0.395. The van der Waals surface area contributed by atoms with Crippen LogP contribution in [0.3, 0.4) is 0 Å². The average Bonchev–Trinajstić information content (AvgIpc) is 2.46. The van der Waals surface area contributed by atoms with Crippen LogP contribution in [-0.4, -0.2) is 22.5 Å². The number of hydrogen-bond donors (Lipinski definition) is 3. The van der Waals surface area contributed by atoms with Crippen LogP contribution in [0, 0.1) is 0 Å². The van der Waals surface area contributed by atoms with Gasteiger partial charge in [0.1, 0.15) is 5.54 Å². The number of nitrogens with one attached hydrogen (secondary N) is 1. The van der Waals surface area contributed by atoms with Gasteiger partial charge in [0.15, 0.2) is 5.84 Å². The molecular weight excluding hydrogens is 346 g/mol. The van der Waals surface area contributed by atoms with Gasteiger partial charge in [-0.2, -0.15) is 0 Å². The number of amides is 1. The van der Waals surface area contributed by atoms with Crippen molar-refractivity contribution in [3.63, 3.8) is 0 Å². The van der Waals surface area contributed by atoms with E-state index in [1.54, 1.807) is 18.2 Å². The van der Waals surface area contributed by atoms with Crippen LogP contribution in [0.25, 0.3) is 0 Å². The lowest BCUT2D eigenvalue weighted by Gasteiger charge is -2.31. The molecule has 0 aromatic heterocycles. The molecule has 20 heavy (non-hydrogen) atoms. The van der Waals surface area contributed by atoms with E-state index in [0.29, 0.717) is 23.4 Å². The Hall–Kier alpha value is -1.27. The van der Waals surface area contributed by atoms with E-state index in [1.165, 1.54) is 0 Å². The summed E-state index contributed by atoms with van der Waals surface area (Å²) in [7, 11) is 0. The molecule has 4 N–H and O–H groups in total. The topological polar surface area (TPSA) is 87.7 Å². The molecule has 0 aliphatic carbocycles. The Kier molecular flexibility index (Phi) is 5.83. The monoisotopic (exact) mass is 361 g/mol. The molecule has 0 aliphatic heterocycles. The van der Waals surface area contributed by atoms with E-state index >= 15 is 0 Å². The minimum atomic E-state index is -0.891. The maximum atomic E-state index is 12.4. The second kappa shape index (κ2) is 6.95. The number of nitrogens with zero attached hydrogens (tertiary/aromatic N) is 1. The Labute approximate surface area is 131 Å². The summed E-state index contributed by atoms with van der Waals surface area (Å²) >= 11 is 9.32. The summed E-state index contributed by atoms with van der Waals surface area (Å²) in [6.07, 6.45) is 0.994.